The van der Waals surface area contributed by atoms with E-state index in [9.17, 15) is 9.59 Å². The van der Waals surface area contributed by atoms with Gasteiger partial charge in [-0.3, -0.25) is 4.79 Å². The lowest BCUT2D eigenvalue weighted by Gasteiger charge is -2.72. The number of hydrogen-bond acceptors (Lipinski definition) is 3. The molecule has 3 nitrogen and oxygen atoms in total. The summed E-state index contributed by atoms with van der Waals surface area (Å²) in [6, 6.07) is 8.34. The topological polar surface area (TPSA) is 46.5 Å². The van der Waals surface area contributed by atoms with Crippen molar-refractivity contribution in [1.29, 1.82) is 0 Å². The normalized spacial score (nSPS) is 44.3. The minimum absolute atomic E-state index is 0.0702. The first-order valence-electron chi connectivity index (χ1n) is 16.3. The van der Waals surface area contributed by atoms with Crippen LogP contribution in [-0.2, 0) is 4.79 Å². The molecule has 0 heterocycles. The van der Waals surface area contributed by atoms with Crippen molar-refractivity contribution in [1.82, 2.24) is 0 Å². The molecule has 0 unspecified atom stereocenters. The molecule has 41 heavy (non-hydrogen) atoms. The number of benzene rings is 1. The van der Waals surface area contributed by atoms with Gasteiger partial charge in [-0.05, 0) is 134 Å². The molecular weight excluding hydrogens is 502 g/mol. The standard InChI is InChI=1S/C38H51NO2/c1-24(2)28-15-20-38(39-23-40)22-21-36(7)30(33(28)38)13-14-32-35(6)18-16-29(27-11-9-26(10-12-27)25(3)41)34(4,5)31(35)17-19-37(32,36)8/h9-12,16,28,30-33H,1,13-15,17-22H2,2-8H3/t28-,30+,31-,32+,33+,35-,36+,37+,38-/m0/s1. The van der Waals surface area contributed by atoms with Gasteiger partial charge in [0.2, 0.25) is 6.08 Å². The monoisotopic (exact) mass is 553 g/mol. The van der Waals surface area contributed by atoms with Gasteiger partial charge in [-0.2, -0.15) is 4.99 Å². The third kappa shape index (κ3) is 3.80. The average Bonchev–Trinajstić information content (AvgIpc) is 3.29. The number of carbonyl (C=O) groups excluding carboxylic acids is 2. The van der Waals surface area contributed by atoms with Crippen molar-refractivity contribution in [3.05, 3.63) is 53.6 Å². The zero-order valence-electron chi connectivity index (χ0n) is 26.6. The number of fused-ring (bicyclic) bond motifs is 7. The van der Waals surface area contributed by atoms with Crippen LogP contribution in [0.15, 0.2) is 47.5 Å². The number of nitrogens with zero attached hydrogens (tertiary/aromatic N) is 1. The van der Waals surface area contributed by atoms with Crippen molar-refractivity contribution in [2.45, 2.75) is 112 Å². The van der Waals surface area contributed by atoms with Crippen molar-refractivity contribution < 1.29 is 9.59 Å². The Labute approximate surface area is 248 Å². The highest BCUT2D eigenvalue weighted by Crippen LogP contribution is 2.77. The molecule has 0 radical (unpaired) electrons. The van der Waals surface area contributed by atoms with Crippen LogP contribution in [0.25, 0.3) is 5.57 Å². The second kappa shape index (κ2) is 9.37. The largest absolute Gasteiger partial charge is 0.295 e. The Bertz CT molecular complexity index is 1350. The van der Waals surface area contributed by atoms with E-state index in [1.54, 1.807) is 6.92 Å². The van der Waals surface area contributed by atoms with Gasteiger partial charge < -0.3 is 0 Å². The first kappa shape index (κ1) is 28.9. The lowest BCUT2D eigenvalue weighted by Crippen LogP contribution is -2.66. The molecule has 0 amide bonds. The van der Waals surface area contributed by atoms with E-state index in [2.05, 4.69) is 71.3 Å². The van der Waals surface area contributed by atoms with Crippen LogP contribution in [0.3, 0.4) is 0 Å². The predicted octanol–water partition coefficient (Wildman–Crippen LogP) is 9.63. The van der Waals surface area contributed by atoms with E-state index >= 15 is 0 Å². The van der Waals surface area contributed by atoms with Gasteiger partial charge in [0.1, 0.15) is 0 Å². The van der Waals surface area contributed by atoms with E-state index in [0.717, 1.165) is 31.2 Å². The minimum atomic E-state index is -0.220. The second-order valence-corrected chi connectivity index (χ2v) is 16.2. The third-order valence-corrected chi connectivity index (χ3v) is 14.5. The molecule has 3 heteroatoms. The summed E-state index contributed by atoms with van der Waals surface area (Å²) in [5.74, 6) is 2.91. The fourth-order valence-corrected chi connectivity index (χ4v) is 12.4. The van der Waals surface area contributed by atoms with Gasteiger partial charge in [0.05, 0.1) is 5.54 Å². The van der Waals surface area contributed by atoms with Crippen LogP contribution >= 0.6 is 0 Å². The third-order valence-electron chi connectivity index (χ3n) is 14.5. The van der Waals surface area contributed by atoms with Crippen molar-refractivity contribution >= 4 is 17.4 Å². The van der Waals surface area contributed by atoms with E-state index in [0.29, 0.717) is 29.6 Å². The molecule has 4 saturated carbocycles. The number of aliphatic imine (C=N–C) groups is 1. The molecule has 0 bridgehead atoms. The maximum absolute atomic E-state index is 11.9. The molecule has 4 fully saturated rings. The van der Waals surface area contributed by atoms with Gasteiger partial charge in [0.25, 0.3) is 0 Å². The summed E-state index contributed by atoms with van der Waals surface area (Å²) in [5.41, 5.74) is 5.43. The predicted molar refractivity (Wildman–Crippen MR) is 167 cm³/mol. The van der Waals surface area contributed by atoms with Crippen molar-refractivity contribution in [2.24, 2.45) is 56.2 Å². The number of allylic oxidation sites excluding steroid dienone is 3. The van der Waals surface area contributed by atoms with Crippen molar-refractivity contribution in [2.75, 3.05) is 0 Å². The van der Waals surface area contributed by atoms with Crippen LogP contribution in [0.4, 0.5) is 0 Å². The Kier molecular flexibility index (Phi) is 6.60. The summed E-state index contributed by atoms with van der Waals surface area (Å²) >= 11 is 0. The highest BCUT2D eigenvalue weighted by atomic mass is 16.1. The molecule has 0 aromatic heterocycles. The van der Waals surface area contributed by atoms with Crippen molar-refractivity contribution in [3.8, 4) is 0 Å². The molecule has 0 aliphatic heterocycles. The van der Waals surface area contributed by atoms with Crippen LogP contribution in [0.1, 0.15) is 122 Å². The smallest absolute Gasteiger partial charge is 0.235 e. The Hall–Kier alpha value is -2.25. The van der Waals surface area contributed by atoms with Gasteiger partial charge >= 0.3 is 0 Å². The fourth-order valence-electron chi connectivity index (χ4n) is 12.4. The maximum atomic E-state index is 11.9. The Morgan fingerprint density at radius 3 is 2.22 bits per heavy atom. The summed E-state index contributed by atoms with van der Waals surface area (Å²) in [4.78, 5) is 28.3. The molecule has 6 rings (SSSR count). The number of hydrogen-bond donors (Lipinski definition) is 0. The van der Waals surface area contributed by atoms with Crippen LogP contribution in [-0.4, -0.2) is 17.4 Å². The summed E-state index contributed by atoms with van der Waals surface area (Å²) in [6.07, 6.45) is 15.1. The van der Waals surface area contributed by atoms with E-state index in [1.165, 1.54) is 48.8 Å². The molecular formula is C38H51NO2. The van der Waals surface area contributed by atoms with E-state index in [4.69, 9.17) is 0 Å². The fraction of sp³-hybridized carbons (Fsp3) is 0.684. The first-order chi connectivity index (χ1) is 19.2. The van der Waals surface area contributed by atoms with E-state index < -0.39 is 0 Å². The average molecular weight is 554 g/mol. The number of Topliss-reactive ketones (excluding diaryl/α,β-unsaturated/α-hetero) is 1. The Morgan fingerprint density at radius 1 is 0.878 bits per heavy atom. The highest BCUT2D eigenvalue weighted by molar-refractivity contribution is 5.94. The van der Waals surface area contributed by atoms with Crippen molar-refractivity contribution in [3.63, 3.8) is 0 Å². The van der Waals surface area contributed by atoms with E-state index in [1.807, 2.05) is 18.2 Å². The first-order valence-corrected chi connectivity index (χ1v) is 16.3. The van der Waals surface area contributed by atoms with Crippen LogP contribution in [0, 0.1) is 51.2 Å². The van der Waals surface area contributed by atoms with E-state index in [-0.39, 0.29) is 33.0 Å². The summed E-state index contributed by atoms with van der Waals surface area (Å²) < 4.78 is 0. The second-order valence-electron chi connectivity index (χ2n) is 16.2. The molecule has 1 aromatic carbocycles. The molecule has 220 valence electrons. The van der Waals surface area contributed by atoms with Gasteiger partial charge in [0.15, 0.2) is 5.78 Å². The lowest BCUT2D eigenvalue weighted by atomic mass is 9.33. The van der Waals surface area contributed by atoms with Gasteiger partial charge in [-0.15, -0.1) is 0 Å². The molecule has 5 aliphatic rings. The number of ketones is 1. The zero-order valence-corrected chi connectivity index (χ0v) is 26.6. The van der Waals surface area contributed by atoms with Crippen LogP contribution < -0.4 is 0 Å². The molecule has 0 N–H and O–H groups in total. The quantitative estimate of drug-likeness (QED) is 0.161. The molecule has 0 saturated heterocycles. The Balaban J connectivity index is 1.37. The number of carbonyl (C=O) groups is 1. The van der Waals surface area contributed by atoms with Crippen LogP contribution in [0.5, 0.6) is 0 Å². The highest BCUT2D eigenvalue weighted by Gasteiger charge is 2.70. The molecule has 9 atom stereocenters. The van der Waals surface area contributed by atoms with Gasteiger partial charge in [-0.25, -0.2) is 4.79 Å². The summed E-state index contributed by atoms with van der Waals surface area (Å²) in [7, 11) is 0. The Morgan fingerprint density at radius 2 is 1.59 bits per heavy atom. The summed E-state index contributed by atoms with van der Waals surface area (Å²) in [6.45, 7) is 21.2. The van der Waals surface area contributed by atoms with Gasteiger partial charge in [0, 0.05) is 5.56 Å². The number of rotatable bonds is 4. The number of isocyanates is 1. The minimum Gasteiger partial charge on any atom is -0.295 e. The maximum Gasteiger partial charge on any atom is 0.235 e. The lowest BCUT2D eigenvalue weighted by molar-refractivity contribution is -0.217. The van der Waals surface area contributed by atoms with Gasteiger partial charge in [-0.1, -0.05) is 77.1 Å². The summed E-state index contributed by atoms with van der Waals surface area (Å²) in [5, 5.41) is 0. The van der Waals surface area contributed by atoms with Crippen LogP contribution in [0.2, 0.25) is 0 Å². The SMILES string of the molecule is C=C(C)[C@@H]1CC[C@]2(N=C=O)CC[C@]3(C)[C@H](CC[C@@H]4[C@@]5(C)CC=C(c6ccc(C(C)=O)cc6)C(C)(C)[C@@H]5CC[C@]43C)[C@@H]12. The molecule has 0 spiro atoms. The zero-order chi connectivity index (χ0) is 29.6. The molecule has 5 aliphatic carbocycles. The molecule has 1 aromatic rings.